The fraction of sp³-hybridized carbons (Fsp3) is 0.533. The monoisotopic (exact) mass is 391 g/mol. The molecule has 0 fully saturated rings. The van der Waals surface area contributed by atoms with Gasteiger partial charge >= 0.3 is 0 Å². The van der Waals surface area contributed by atoms with E-state index in [1.165, 1.54) is 12.0 Å². The molecule has 0 spiro atoms. The molecule has 0 saturated heterocycles. The molecular weight excluding hydrogens is 365 g/mol. The third-order valence-electron chi connectivity index (χ3n) is 2.72. The molecular formula is C15H26IN3O. The first-order chi connectivity index (χ1) is 9.30. The molecule has 20 heavy (non-hydrogen) atoms. The summed E-state index contributed by atoms with van der Waals surface area (Å²) in [5.74, 6) is 1.76. The third-order valence-corrected chi connectivity index (χ3v) is 2.72. The Morgan fingerprint density at radius 1 is 1.25 bits per heavy atom. The van der Waals surface area contributed by atoms with E-state index in [0.717, 1.165) is 31.2 Å². The fourth-order valence-electron chi connectivity index (χ4n) is 1.70. The van der Waals surface area contributed by atoms with Crippen LogP contribution in [0.15, 0.2) is 29.3 Å². The summed E-state index contributed by atoms with van der Waals surface area (Å²) in [5, 5.41) is 6.59. The van der Waals surface area contributed by atoms with Crippen LogP contribution in [-0.4, -0.2) is 26.2 Å². The number of guanidine groups is 1. The zero-order valence-electron chi connectivity index (χ0n) is 12.6. The van der Waals surface area contributed by atoms with Crippen LogP contribution in [0.3, 0.4) is 0 Å². The standard InChI is InChI=1S/C15H25N3O.HI/c1-4-6-10-17-15(16-3)18-12-13-8-7-9-14(11-13)19-5-2;/h7-9,11H,4-6,10,12H2,1-3H3,(H2,16,17,18);1H. The molecule has 0 aliphatic heterocycles. The molecule has 0 unspecified atom stereocenters. The van der Waals surface area contributed by atoms with E-state index in [-0.39, 0.29) is 24.0 Å². The Labute approximate surface area is 139 Å². The molecule has 1 rings (SSSR count). The second-order valence-electron chi connectivity index (χ2n) is 4.29. The zero-order valence-corrected chi connectivity index (χ0v) is 14.9. The molecule has 114 valence electrons. The molecule has 1 aromatic rings. The number of ether oxygens (including phenoxy) is 1. The largest absolute Gasteiger partial charge is 0.494 e. The molecule has 0 amide bonds. The van der Waals surface area contributed by atoms with Gasteiger partial charge in [0.25, 0.3) is 0 Å². The van der Waals surface area contributed by atoms with Crippen molar-refractivity contribution in [2.24, 2.45) is 4.99 Å². The van der Waals surface area contributed by atoms with Crippen LogP contribution < -0.4 is 15.4 Å². The maximum atomic E-state index is 5.49. The van der Waals surface area contributed by atoms with E-state index in [1.54, 1.807) is 7.05 Å². The van der Waals surface area contributed by atoms with Crippen LogP contribution in [0.5, 0.6) is 5.75 Å². The maximum Gasteiger partial charge on any atom is 0.191 e. The van der Waals surface area contributed by atoms with Gasteiger partial charge in [0.2, 0.25) is 0 Å². The lowest BCUT2D eigenvalue weighted by atomic mass is 10.2. The van der Waals surface area contributed by atoms with E-state index < -0.39 is 0 Å². The lowest BCUT2D eigenvalue weighted by Crippen LogP contribution is -2.37. The van der Waals surface area contributed by atoms with Crippen LogP contribution in [0, 0.1) is 0 Å². The molecule has 0 aliphatic rings. The number of nitrogens with zero attached hydrogens (tertiary/aromatic N) is 1. The predicted octanol–water partition coefficient (Wildman–Crippen LogP) is 3.17. The van der Waals surface area contributed by atoms with E-state index in [4.69, 9.17) is 4.74 Å². The van der Waals surface area contributed by atoms with E-state index in [1.807, 2.05) is 19.1 Å². The Balaban J connectivity index is 0.00000361. The normalized spacial score (nSPS) is 10.7. The Kier molecular flexibility index (Phi) is 11.2. The van der Waals surface area contributed by atoms with Crippen molar-refractivity contribution >= 4 is 29.9 Å². The van der Waals surface area contributed by atoms with Gasteiger partial charge in [0, 0.05) is 20.1 Å². The topological polar surface area (TPSA) is 45.7 Å². The quantitative estimate of drug-likeness (QED) is 0.325. The van der Waals surface area contributed by atoms with Crippen molar-refractivity contribution in [3.63, 3.8) is 0 Å². The van der Waals surface area contributed by atoms with E-state index in [9.17, 15) is 0 Å². The summed E-state index contributed by atoms with van der Waals surface area (Å²) in [6, 6.07) is 8.11. The van der Waals surface area contributed by atoms with Gasteiger partial charge in [-0.25, -0.2) is 0 Å². The summed E-state index contributed by atoms with van der Waals surface area (Å²) >= 11 is 0. The van der Waals surface area contributed by atoms with Gasteiger partial charge in [0.1, 0.15) is 5.75 Å². The van der Waals surface area contributed by atoms with Crippen LogP contribution in [0.4, 0.5) is 0 Å². The third kappa shape index (κ3) is 7.57. The highest BCUT2D eigenvalue weighted by Crippen LogP contribution is 2.12. The average Bonchev–Trinajstić information content (AvgIpc) is 2.43. The number of rotatable bonds is 7. The van der Waals surface area contributed by atoms with Gasteiger partial charge in [-0.05, 0) is 31.0 Å². The Bertz CT molecular complexity index is 396. The molecule has 4 nitrogen and oxygen atoms in total. The first-order valence-electron chi connectivity index (χ1n) is 6.96. The highest BCUT2D eigenvalue weighted by atomic mass is 127. The Morgan fingerprint density at radius 2 is 2.05 bits per heavy atom. The Morgan fingerprint density at radius 3 is 2.70 bits per heavy atom. The van der Waals surface area contributed by atoms with Crippen molar-refractivity contribution in [3.8, 4) is 5.75 Å². The number of halogens is 1. The molecule has 0 aromatic heterocycles. The van der Waals surface area contributed by atoms with Gasteiger partial charge in [-0.15, -0.1) is 24.0 Å². The smallest absolute Gasteiger partial charge is 0.191 e. The van der Waals surface area contributed by atoms with Crippen LogP contribution >= 0.6 is 24.0 Å². The zero-order chi connectivity index (χ0) is 13.9. The minimum Gasteiger partial charge on any atom is -0.494 e. The minimum atomic E-state index is 0. The second-order valence-corrected chi connectivity index (χ2v) is 4.29. The number of unbranched alkanes of at least 4 members (excludes halogenated alkanes) is 1. The summed E-state index contributed by atoms with van der Waals surface area (Å²) < 4.78 is 5.49. The number of nitrogens with one attached hydrogen (secondary N) is 2. The van der Waals surface area contributed by atoms with Crippen molar-refractivity contribution in [1.29, 1.82) is 0 Å². The molecule has 5 heteroatoms. The predicted molar refractivity (Wildman–Crippen MR) is 96.1 cm³/mol. The lowest BCUT2D eigenvalue weighted by molar-refractivity contribution is 0.340. The van der Waals surface area contributed by atoms with Gasteiger partial charge in [-0.1, -0.05) is 25.5 Å². The van der Waals surface area contributed by atoms with Crippen LogP contribution in [0.1, 0.15) is 32.3 Å². The van der Waals surface area contributed by atoms with Crippen LogP contribution in [0.2, 0.25) is 0 Å². The first-order valence-corrected chi connectivity index (χ1v) is 6.96. The molecule has 0 bridgehead atoms. The number of hydrogen-bond acceptors (Lipinski definition) is 2. The summed E-state index contributed by atoms with van der Waals surface area (Å²) in [4.78, 5) is 4.20. The van der Waals surface area contributed by atoms with Gasteiger partial charge < -0.3 is 15.4 Å². The molecule has 0 saturated carbocycles. The van der Waals surface area contributed by atoms with Gasteiger partial charge in [0.15, 0.2) is 5.96 Å². The van der Waals surface area contributed by atoms with E-state index in [0.29, 0.717) is 6.61 Å². The highest BCUT2D eigenvalue weighted by Gasteiger charge is 1.99. The summed E-state index contributed by atoms with van der Waals surface area (Å²) in [7, 11) is 1.79. The summed E-state index contributed by atoms with van der Waals surface area (Å²) in [6.45, 7) is 6.56. The maximum absolute atomic E-state index is 5.49. The van der Waals surface area contributed by atoms with Crippen molar-refractivity contribution < 1.29 is 4.74 Å². The van der Waals surface area contributed by atoms with Crippen molar-refractivity contribution in [1.82, 2.24) is 10.6 Å². The molecule has 0 aliphatic carbocycles. The van der Waals surface area contributed by atoms with Gasteiger partial charge in [-0.2, -0.15) is 0 Å². The SMILES string of the molecule is CCCCNC(=NC)NCc1cccc(OCC)c1.I. The average molecular weight is 391 g/mol. The highest BCUT2D eigenvalue weighted by molar-refractivity contribution is 14.0. The first kappa shape index (κ1) is 19.0. The molecule has 1 aromatic carbocycles. The number of benzene rings is 1. The van der Waals surface area contributed by atoms with E-state index >= 15 is 0 Å². The molecule has 0 heterocycles. The molecule has 0 radical (unpaired) electrons. The van der Waals surface area contributed by atoms with Crippen molar-refractivity contribution in [2.45, 2.75) is 33.2 Å². The number of hydrogen-bond donors (Lipinski definition) is 2. The molecule has 0 atom stereocenters. The molecule has 2 N–H and O–H groups in total. The number of aliphatic imine (C=N–C) groups is 1. The summed E-state index contributed by atoms with van der Waals surface area (Å²) in [5.41, 5.74) is 1.18. The van der Waals surface area contributed by atoms with Crippen molar-refractivity contribution in [3.05, 3.63) is 29.8 Å². The van der Waals surface area contributed by atoms with Crippen molar-refractivity contribution in [2.75, 3.05) is 20.2 Å². The second kappa shape index (κ2) is 11.8. The van der Waals surface area contributed by atoms with Crippen LogP contribution in [-0.2, 0) is 6.54 Å². The van der Waals surface area contributed by atoms with E-state index in [2.05, 4.69) is 34.7 Å². The Hall–Kier alpha value is -0.980. The van der Waals surface area contributed by atoms with Crippen LogP contribution in [0.25, 0.3) is 0 Å². The van der Waals surface area contributed by atoms with Gasteiger partial charge in [0.05, 0.1) is 6.61 Å². The lowest BCUT2D eigenvalue weighted by Gasteiger charge is -2.12. The summed E-state index contributed by atoms with van der Waals surface area (Å²) in [6.07, 6.45) is 2.33. The van der Waals surface area contributed by atoms with Gasteiger partial charge in [-0.3, -0.25) is 4.99 Å². The minimum absolute atomic E-state index is 0. The fourth-order valence-corrected chi connectivity index (χ4v) is 1.70.